The number of carbonyl (C=O) groups is 1. The molecule has 1 aromatic rings. The number of nitrogens with one attached hydrogen (secondary N) is 1. The first-order valence-electron chi connectivity index (χ1n) is 7.26. The van der Waals surface area contributed by atoms with Gasteiger partial charge in [-0.05, 0) is 27.7 Å². The predicted molar refractivity (Wildman–Crippen MR) is 90.8 cm³/mol. The Balaban J connectivity index is 2.75. The summed E-state index contributed by atoms with van der Waals surface area (Å²) in [5, 5.41) is 4.17. The van der Waals surface area contributed by atoms with Crippen LogP contribution in [0, 0.1) is 0 Å². The number of hydrogen-bond donors (Lipinski definition) is 2. The van der Waals surface area contributed by atoms with E-state index in [1.165, 1.54) is 18.3 Å². The topological polar surface area (TPSA) is 67.6 Å². The zero-order valence-corrected chi connectivity index (χ0v) is 14.6. The van der Waals surface area contributed by atoms with Gasteiger partial charge in [-0.15, -0.1) is 11.3 Å². The van der Waals surface area contributed by atoms with Gasteiger partial charge in [0.05, 0.1) is 17.7 Å². The van der Waals surface area contributed by atoms with Crippen molar-refractivity contribution in [3.63, 3.8) is 0 Å². The van der Waals surface area contributed by atoms with Gasteiger partial charge in [0.1, 0.15) is 5.00 Å². The second-order valence-corrected chi connectivity index (χ2v) is 6.64. The van der Waals surface area contributed by atoms with E-state index in [1.807, 2.05) is 0 Å². The standard InChI is InChI=1S/C15H27N3O2S/c1-9(2)18(10(3)4)8-7-17-15-13(20-6)12(16)14(21-15)11(5)19/h9-10,17H,7-8,16H2,1-6H3. The average Bonchev–Trinajstić information content (AvgIpc) is 2.70. The van der Waals surface area contributed by atoms with Gasteiger partial charge in [0.25, 0.3) is 0 Å². The lowest BCUT2D eigenvalue weighted by Gasteiger charge is -2.30. The Morgan fingerprint density at radius 1 is 1.33 bits per heavy atom. The van der Waals surface area contributed by atoms with Crippen LogP contribution < -0.4 is 15.8 Å². The fourth-order valence-electron chi connectivity index (χ4n) is 2.42. The van der Waals surface area contributed by atoms with Crippen molar-refractivity contribution in [2.75, 3.05) is 31.2 Å². The highest BCUT2D eigenvalue weighted by Gasteiger charge is 2.20. The van der Waals surface area contributed by atoms with Gasteiger partial charge in [0, 0.05) is 32.1 Å². The summed E-state index contributed by atoms with van der Waals surface area (Å²) >= 11 is 1.36. The lowest BCUT2D eigenvalue weighted by molar-refractivity contribution is 0.102. The number of rotatable bonds is 8. The molecule has 6 heteroatoms. The van der Waals surface area contributed by atoms with Crippen LogP contribution in [-0.2, 0) is 0 Å². The Morgan fingerprint density at radius 3 is 2.33 bits per heavy atom. The molecule has 1 heterocycles. The van der Waals surface area contributed by atoms with Gasteiger partial charge >= 0.3 is 0 Å². The van der Waals surface area contributed by atoms with Crippen LogP contribution in [0.3, 0.4) is 0 Å². The molecule has 0 bridgehead atoms. The highest BCUT2D eigenvalue weighted by Crippen LogP contribution is 2.42. The first-order chi connectivity index (χ1) is 9.79. The fraction of sp³-hybridized carbons (Fsp3) is 0.667. The normalized spacial score (nSPS) is 11.5. The molecule has 0 aliphatic heterocycles. The summed E-state index contributed by atoms with van der Waals surface area (Å²) in [5.74, 6) is 0.542. The van der Waals surface area contributed by atoms with Crippen molar-refractivity contribution in [1.82, 2.24) is 4.90 Å². The van der Waals surface area contributed by atoms with Crippen molar-refractivity contribution in [2.45, 2.75) is 46.7 Å². The molecule has 0 aliphatic carbocycles. The first-order valence-corrected chi connectivity index (χ1v) is 8.08. The van der Waals surface area contributed by atoms with Crippen LogP contribution in [0.15, 0.2) is 0 Å². The third kappa shape index (κ3) is 4.35. The molecule has 0 amide bonds. The third-order valence-corrected chi connectivity index (χ3v) is 4.65. The molecule has 3 N–H and O–H groups in total. The van der Waals surface area contributed by atoms with Gasteiger partial charge in [-0.2, -0.15) is 0 Å². The lowest BCUT2D eigenvalue weighted by atomic mass is 10.2. The SMILES string of the molecule is COc1c(NCCN(C(C)C)C(C)C)sc(C(C)=O)c1N. The molecule has 120 valence electrons. The summed E-state index contributed by atoms with van der Waals surface area (Å²) in [6.45, 7) is 12.0. The van der Waals surface area contributed by atoms with Crippen molar-refractivity contribution in [3.05, 3.63) is 4.88 Å². The van der Waals surface area contributed by atoms with Gasteiger partial charge in [-0.25, -0.2) is 0 Å². The smallest absolute Gasteiger partial charge is 0.176 e. The maximum Gasteiger partial charge on any atom is 0.176 e. The number of carbonyl (C=O) groups excluding carboxylic acids is 1. The van der Waals surface area contributed by atoms with E-state index in [0.717, 1.165) is 18.1 Å². The molecule has 0 aromatic carbocycles. The molecule has 1 rings (SSSR count). The molecule has 0 aliphatic rings. The van der Waals surface area contributed by atoms with E-state index >= 15 is 0 Å². The number of nitrogens with two attached hydrogens (primary N) is 1. The van der Waals surface area contributed by atoms with Gasteiger partial charge in [-0.3, -0.25) is 9.69 Å². The molecular weight excluding hydrogens is 286 g/mol. The summed E-state index contributed by atoms with van der Waals surface area (Å²) in [4.78, 5) is 14.5. The molecular formula is C15H27N3O2S. The van der Waals surface area contributed by atoms with Crippen LogP contribution in [-0.4, -0.2) is 43.0 Å². The Morgan fingerprint density at radius 2 is 1.90 bits per heavy atom. The number of anilines is 2. The number of methoxy groups -OCH3 is 1. The second kappa shape index (κ2) is 7.66. The summed E-state index contributed by atoms with van der Waals surface area (Å²) in [6.07, 6.45) is 0. The Hall–Kier alpha value is -1.27. The number of hydrogen-bond acceptors (Lipinski definition) is 6. The monoisotopic (exact) mass is 313 g/mol. The minimum Gasteiger partial charge on any atom is -0.492 e. The first kappa shape index (κ1) is 17.8. The maximum atomic E-state index is 11.5. The number of nitrogens with zero attached hydrogens (tertiary/aromatic N) is 1. The minimum atomic E-state index is -0.0326. The largest absolute Gasteiger partial charge is 0.492 e. The van der Waals surface area contributed by atoms with Crippen molar-refractivity contribution >= 4 is 27.8 Å². The van der Waals surface area contributed by atoms with Crippen LogP contribution in [0.25, 0.3) is 0 Å². The van der Waals surface area contributed by atoms with Crippen molar-refractivity contribution in [3.8, 4) is 5.75 Å². The number of ether oxygens (including phenoxy) is 1. The van der Waals surface area contributed by atoms with Gasteiger partial charge in [-0.1, -0.05) is 0 Å². The fourth-order valence-corrected chi connectivity index (χ4v) is 3.43. The summed E-state index contributed by atoms with van der Waals surface area (Å²) in [5.41, 5.74) is 6.39. The lowest BCUT2D eigenvalue weighted by Crippen LogP contribution is -2.40. The third-order valence-electron chi connectivity index (χ3n) is 3.41. The van der Waals surface area contributed by atoms with Crippen LogP contribution in [0.4, 0.5) is 10.7 Å². The van der Waals surface area contributed by atoms with E-state index in [1.54, 1.807) is 7.11 Å². The van der Waals surface area contributed by atoms with Crippen molar-refractivity contribution in [1.29, 1.82) is 0 Å². The van der Waals surface area contributed by atoms with Gasteiger partial charge in [0.15, 0.2) is 11.5 Å². The van der Waals surface area contributed by atoms with E-state index in [4.69, 9.17) is 10.5 Å². The molecule has 0 unspecified atom stereocenters. The maximum absolute atomic E-state index is 11.5. The Kier molecular flexibility index (Phi) is 6.48. The van der Waals surface area contributed by atoms with E-state index in [9.17, 15) is 4.79 Å². The van der Waals surface area contributed by atoms with Crippen LogP contribution in [0.2, 0.25) is 0 Å². The van der Waals surface area contributed by atoms with E-state index in [0.29, 0.717) is 28.4 Å². The van der Waals surface area contributed by atoms with Gasteiger partial charge < -0.3 is 15.8 Å². The predicted octanol–water partition coefficient (Wildman–Crippen LogP) is 3.07. The van der Waals surface area contributed by atoms with Crippen LogP contribution >= 0.6 is 11.3 Å². The molecule has 0 radical (unpaired) electrons. The Labute approximate surface area is 131 Å². The molecule has 5 nitrogen and oxygen atoms in total. The summed E-state index contributed by atoms with van der Waals surface area (Å²) in [7, 11) is 1.57. The summed E-state index contributed by atoms with van der Waals surface area (Å²) in [6, 6.07) is 0.991. The zero-order chi connectivity index (χ0) is 16.2. The van der Waals surface area contributed by atoms with Crippen LogP contribution in [0.1, 0.15) is 44.3 Å². The average molecular weight is 313 g/mol. The molecule has 0 spiro atoms. The number of nitrogen functional groups attached to an aromatic ring is 1. The number of thiophene rings is 1. The number of Topliss-reactive ketones (excluding diaryl/α,β-unsaturated/α-hetero) is 1. The molecule has 0 saturated carbocycles. The van der Waals surface area contributed by atoms with E-state index < -0.39 is 0 Å². The van der Waals surface area contributed by atoms with E-state index in [-0.39, 0.29) is 5.78 Å². The molecule has 0 saturated heterocycles. The second-order valence-electron chi connectivity index (χ2n) is 5.62. The summed E-state index contributed by atoms with van der Waals surface area (Å²) < 4.78 is 5.32. The molecule has 1 aromatic heterocycles. The van der Waals surface area contributed by atoms with Crippen LogP contribution in [0.5, 0.6) is 5.75 Å². The van der Waals surface area contributed by atoms with Crippen molar-refractivity contribution in [2.24, 2.45) is 0 Å². The highest BCUT2D eigenvalue weighted by molar-refractivity contribution is 7.19. The molecule has 0 atom stereocenters. The quantitative estimate of drug-likeness (QED) is 0.722. The van der Waals surface area contributed by atoms with Crippen molar-refractivity contribution < 1.29 is 9.53 Å². The van der Waals surface area contributed by atoms with Gasteiger partial charge in [0.2, 0.25) is 0 Å². The minimum absolute atomic E-state index is 0.0326. The zero-order valence-electron chi connectivity index (χ0n) is 13.8. The number of ketones is 1. The molecule has 0 fully saturated rings. The molecule has 21 heavy (non-hydrogen) atoms. The van der Waals surface area contributed by atoms with E-state index in [2.05, 4.69) is 37.9 Å². The Bertz CT molecular complexity index is 476. The highest BCUT2D eigenvalue weighted by atomic mass is 32.1.